The molecule has 2 N–H and O–H groups in total. The molecular formula is C21H23N5O4. The van der Waals surface area contributed by atoms with Gasteiger partial charge in [-0.15, -0.1) is 0 Å². The average Bonchev–Trinajstić information content (AvgIpc) is 3.46. The van der Waals surface area contributed by atoms with E-state index >= 15 is 0 Å². The smallest absolute Gasteiger partial charge is 0.291 e. The Morgan fingerprint density at radius 2 is 2.03 bits per heavy atom. The lowest BCUT2D eigenvalue weighted by Crippen LogP contribution is -2.35. The fraction of sp³-hybridized carbons (Fsp3) is 0.429. The number of hydrogen-bond acceptors (Lipinski definition) is 6. The molecule has 0 unspecified atom stereocenters. The fourth-order valence-corrected chi connectivity index (χ4v) is 3.93. The van der Waals surface area contributed by atoms with Gasteiger partial charge in [0.25, 0.3) is 11.5 Å². The number of pyridine rings is 1. The highest BCUT2D eigenvalue weighted by molar-refractivity contribution is 5.97. The average molecular weight is 409 g/mol. The van der Waals surface area contributed by atoms with Crippen LogP contribution in [0, 0.1) is 5.92 Å². The molecule has 1 amide bonds. The van der Waals surface area contributed by atoms with Crippen molar-refractivity contribution in [2.45, 2.75) is 38.3 Å². The Morgan fingerprint density at radius 3 is 2.73 bits per heavy atom. The molecule has 30 heavy (non-hydrogen) atoms. The molecule has 5 rings (SSSR count). The van der Waals surface area contributed by atoms with Crippen LogP contribution in [0.15, 0.2) is 35.4 Å². The standard InChI is InChI=1S/C21H23N5O4/c27-18(24-14-4-5-14)17-20(28)25(12-13-6-9-30-10-7-13)19-15(11-23-26(19)21(17)29)16-3-1-2-8-22-16/h1-3,8,11,13-14,28H,4-7,9-10,12H2,(H,24,27). The molecule has 3 aromatic heterocycles. The van der Waals surface area contributed by atoms with E-state index in [0.29, 0.717) is 36.7 Å². The van der Waals surface area contributed by atoms with Gasteiger partial charge in [0.15, 0.2) is 11.2 Å². The number of carbonyl (C=O) groups excluding carboxylic acids is 1. The number of carbonyl (C=O) groups is 1. The monoisotopic (exact) mass is 409 g/mol. The summed E-state index contributed by atoms with van der Waals surface area (Å²) in [6.45, 7) is 1.76. The molecule has 9 heteroatoms. The minimum atomic E-state index is -0.633. The van der Waals surface area contributed by atoms with Crippen LogP contribution in [0.1, 0.15) is 36.0 Å². The third-order valence-electron chi connectivity index (χ3n) is 5.75. The van der Waals surface area contributed by atoms with Crippen molar-refractivity contribution in [1.82, 2.24) is 24.5 Å². The molecule has 4 heterocycles. The number of aromatic hydroxyl groups is 1. The van der Waals surface area contributed by atoms with Crippen molar-refractivity contribution in [2.24, 2.45) is 5.92 Å². The summed E-state index contributed by atoms with van der Waals surface area (Å²) in [4.78, 5) is 30.2. The second-order valence-electron chi connectivity index (χ2n) is 7.93. The molecule has 0 radical (unpaired) electrons. The summed E-state index contributed by atoms with van der Waals surface area (Å²) in [7, 11) is 0. The molecule has 3 aromatic rings. The molecule has 1 aliphatic heterocycles. The van der Waals surface area contributed by atoms with Crippen LogP contribution >= 0.6 is 0 Å². The van der Waals surface area contributed by atoms with E-state index in [2.05, 4.69) is 15.4 Å². The fourth-order valence-electron chi connectivity index (χ4n) is 3.93. The van der Waals surface area contributed by atoms with Crippen molar-refractivity contribution in [1.29, 1.82) is 0 Å². The number of rotatable bonds is 5. The van der Waals surface area contributed by atoms with Gasteiger partial charge in [-0.3, -0.25) is 19.1 Å². The second-order valence-corrected chi connectivity index (χ2v) is 7.93. The third kappa shape index (κ3) is 3.35. The van der Waals surface area contributed by atoms with Crippen LogP contribution in [0.2, 0.25) is 0 Å². The van der Waals surface area contributed by atoms with E-state index in [4.69, 9.17) is 4.74 Å². The molecule has 1 saturated heterocycles. The first-order chi connectivity index (χ1) is 14.6. The first-order valence-electron chi connectivity index (χ1n) is 10.3. The number of fused-ring (bicyclic) bond motifs is 1. The molecule has 0 bridgehead atoms. The lowest BCUT2D eigenvalue weighted by molar-refractivity contribution is 0.0607. The molecule has 1 saturated carbocycles. The van der Waals surface area contributed by atoms with Gasteiger partial charge in [0, 0.05) is 32.0 Å². The van der Waals surface area contributed by atoms with Crippen molar-refractivity contribution < 1.29 is 14.6 Å². The van der Waals surface area contributed by atoms with Crippen molar-refractivity contribution in [2.75, 3.05) is 13.2 Å². The van der Waals surface area contributed by atoms with Crippen LogP contribution in [-0.2, 0) is 11.3 Å². The van der Waals surface area contributed by atoms with Crippen molar-refractivity contribution in [3.8, 4) is 17.1 Å². The van der Waals surface area contributed by atoms with Crippen LogP contribution in [0.3, 0.4) is 0 Å². The van der Waals surface area contributed by atoms with Crippen LogP contribution in [-0.4, -0.2) is 49.4 Å². The third-order valence-corrected chi connectivity index (χ3v) is 5.75. The second kappa shape index (κ2) is 7.56. The molecule has 0 aromatic carbocycles. The lowest BCUT2D eigenvalue weighted by atomic mass is 10.00. The normalized spacial score (nSPS) is 17.3. The van der Waals surface area contributed by atoms with Gasteiger partial charge in [-0.05, 0) is 43.7 Å². The van der Waals surface area contributed by atoms with Crippen molar-refractivity contribution in [3.05, 3.63) is 46.5 Å². The maximum absolute atomic E-state index is 13.1. The Labute approximate surface area is 172 Å². The van der Waals surface area contributed by atoms with E-state index in [9.17, 15) is 14.7 Å². The quantitative estimate of drug-likeness (QED) is 0.662. The molecule has 2 fully saturated rings. The van der Waals surface area contributed by atoms with Gasteiger partial charge in [-0.2, -0.15) is 9.61 Å². The van der Waals surface area contributed by atoms with Crippen LogP contribution < -0.4 is 10.9 Å². The number of ether oxygens (including phenoxy) is 1. The van der Waals surface area contributed by atoms with Gasteiger partial charge in [0.2, 0.25) is 5.88 Å². The van der Waals surface area contributed by atoms with E-state index in [-0.39, 0.29) is 23.4 Å². The van der Waals surface area contributed by atoms with Crippen LogP contribution in [0.4, 0.5) is 0 Å². The zero-order valence-electron chi connectivity index (χ0n) is 16.5. The van der Waals surface area contributed by atoms with E-state index in [1.807, 2.05) is 18.2 Å². The summed E-state index contributed by atoms with van der Waals surface area (Å²) in [5.41, 5.74) is 0.806. The maximum Gasteiger partial charge on any atom is 0.291 e. The first kappa shape index (κ1) is 18.8. The number of amides is 1. The Kier molecular flexibility index (Phi) is 4.74. The number of aromatic nitrogens is 4. The zero-order chi connectivity index (χ0) is 20.7. The van der Waals surface area contributed by atoms with Crippen molar-refractivity contribution in [3.63, 3.8) is 0 Å². The number of nitrogens with zero attached hydrogens (tertiary/aromatic N) is 4. The van der Waals surface area contributed by atoms with E-state index in [1.54, 1.807) is 17.0 Å². The summed E-state index contributed by atoms with van der Waals surface area (Å²) in [6, 6.07) is 5.55. The molecule has 0 spiro atoms. The predicted octanol–water partition coefficient (Wildman–Crippen LogP) is 1.58. The van der Waals surface area contributed by atoms with Gasteiger partial charge >= 0.3 is 0 Å². The number of nitrogens with one attached hydrogen (secondary N) is 1. The van der Waals surface area contributed by atoms with E-state index in [1.165, 1.54) is 4.52 Å². The predicted molar refractivity (Wildman–Crippen MR) is 108 cm³/mol. The Balaban J connectivity index is 1.69. The topological polar surface area (TPSA) is 111 Å². The minimum absolute atomic E-state index is 0.0673. The summed E-state index contributed by atoms with van der Waals surface area (Å²) in [5.74, 6) is -0.630. The van der Waals surface area contributed by atoms with Gasteiger partial charge in [-0.1, -0.05) is 6.07 Å². The minimum Gasteiger partial charge on any atom is -0.494 e. The summed E-state index contributed by atoms with van der Waals surface area (Å²) in [6.07, 6.45) is 6.68. The van der Waals surface area contributed by atoms with E-state index < -0.39 is 11.5 Å². The highest BCUT2D eigenvalue weighted by Crippen LogP contribution is 2.29. The Morgan fingerprint density at radius 1 is 1.23 bits per heavy atom. The van der Waals surface area contributed by atoms with Crippen molar-refractivity contribution >= 4 is 11.6 Å². The molecule has 156 valence electrons. The molecule has 1 aliphatic carbocycles. The molecular weight excluding hydrogens is 386 g/mol. The molecule has 2 aliphatic rings. The molecule has 9 nitrogen and oxygen atoms in total. The summed E-state index contributed by atoms with van der Waals surface area (Å²) < 4.78 is 8.29. The summed E-state index contributed by atoms with van der Waals surface area (Å²) >= 11 is 0. The van der Waals surface area contributed by atoms with Crippen LogP contribution in [0.25, 0.3) is 16.9 Å². The summed E-state index contributed by atoms with van der Waals surface area (Å²) in [5, 5.41) is 18.2. The van der Waals surface area contributed by atoms with Gasteiger partial charge < -0.3 is 15.2 Å². The zero-order valence-corrected chi connectivity index (χ0v) is 16.5. The number of hydrogen-bond donors (Lipinski definition) is 2. The Bertz CT molecular complexity index is 1140. The Hall–Kier alpha value is -3.20. The highest BCUT2D eigenvalue weighted by atomic mass is 16.5. The first-order valence-corrected chi connectivity index (χ1v) is 10.3. The van der Waals surface area contributed by atoms with Gasteiger partial charge in [0.1, 0.15) is 0 Å². The van der Waals surface area contributed by atoms with Crippen LogP contribution in [0.5, 0.6) is 5.88 Å². The maximum atomic E-state index is 13.1. The SMILES string of the molecule is O=C(NC1CC1)c1c(O)n(CC2CCOCC2)c2c(-c3ccccn3)cnn2c1=O. The largest absolute Gasteiger partial charge is 0.494 e. The lowest BCUT2D eigenvalue weighted by Gasteiger charge is -2.25. The molecule has 0 atom stereocenters. The van der Waals surface area contributed by atoms with Gasteiger partial charge in [0.05, 0.1) is 17.5 Å². The van der Waals surface area contributed by atoms with E-state index in [0.717, 1.165) is 25.7 Å². The highest BCUT2D eigenvalue weighted by Gasteiger charge is 2.31. The van der Waals surface area contributed by atoms with Gasteiger partial charge in [-0.25, -0.2) is 0 Å².